The summed E-state index contributed by atoms with van der Waals surface area (Å²) in [6.45, 7) is 0. The van der Waals surface area contributed by atoms with Crippen molar-refractivity contribution in [3.8, 4) is 0 Å². The monoisotopic (exact) mass is 136 g/mol. The van der Waals surface area contributed by atoms with E-state index in [1.165, 1.54) is 0 Å². The van der Waals surface area contributed by atoms with Crippen molar-refractivity contribution < 1.29 is 13.3 Å². The molecule has 0 aliphatic heterocycles. The van der Waals surface area contributed by atoms with Crippen molar-refractivity contribution in [2.45, 2.75) is 0 Å². The molecule has 0 aromatic rings. The van der Waals surface area contributed by atoms with E-state index < -0.39 is 11.4 Å². The van der Waals surface area contributed by atoms with Crippen LogP contribution < -0.4 is 0 Å². The van der Waals surface area contributed by atoms with Crippen LogP contribution in [-0.2, 0) is 11.4 Å². The van der Waals surface area contributed by atoms with E-state index in [1.807, 2.05) is 0 Å². The van der Waals surface area contributed by atoms with Crippen molar-refractivity contribution >= 4 is 58.3 Å². The molecule has 2 N–H and O–H groups in total. The van der Waals surface area contributed by atoms with Crippen LogP contribution in [0, 0.1) is 0 Å². The minimum absolute atomic E-state index is 0. The summed E-state index contributed by atoms with van der Waals surface area (Å²) in [5.74, 6) is 0. The molecule has 34 valence electrons. The van der Waals surface area contributed by atoms with E-state index in [-0.39, 0.29) is 46.9 Å². The fourth-order valence-corrected chi connectivity index (χ4v) is 0. The van der Waals surface area contributed by atoms with Crippen molar-refractivity contribution in [3.05, 3.63) is 0 Å². The van der Waals surface area contributed by atoms with Gasteiger partial charge in [0.25, 0.3) is 11.4 Å². The second-order valence-electron chi connectivity index (χ2n) is 0.231. The molecule has 0 amide bonds. The van der Waals surface area contributed by atoms with Crippen molar-refractivity contribution in [1.82, 2.24) is 0 Å². The second kappa shape index (κ2) is 9.78. The van der Waals surface area contributed by atoms with E-state index in [2.05, 4.69) is 0 Å². The molecule has 0 atom stereocenters. The van der Waals surface area contributed by atoms with Gasteiger partial charge in [0.15, 0.2) is 17.4 Å². The molecule has 0 heterocycles. The third-order valence-electron chi connectivity index (χ3n) is 0. The summed E-state index contributed by atoms with van der Waals surface area (Å²) in [4.78, 5) is 0. The molecule has 0 radical (unpaired) electrons. The molecule has 0 spiro atoms. The third-order valence-corrected chi connectivity index (χ3v) is 0. The van der Waals surface area contributed by atoms with Crippen molar-refractivity contribution in [1.29, 1.82) is 0 Å². The zero-order valence-corrected chi connectivity index (χ0v) is 2.53. The molecule has 6 heteroatoms. The molecule has 0 bridgehead atoms. The zero-order chi connectivity index (χ0) is 3.58. The normalized spacial score (nSPS) is 5.83. The standard InChI is InChI=1S/Al.Na.H2O3S.4H/c;;1-4(2)3;;;;/h;;(H2,1,2,3);;;;. The number of rotatable bonds is 0. The molecule has 0 aliphatic carbocycles. The van der Waals surface area contributed by atoms with Crippen LogP contribution in [0.2, 0.25) is 0 Å². The number of hydrogen-bond acceptors (Lipinski definition) is 1. The van der Waals surface area contributed by atoms with Crippen LogP contribution in [-0.4, -0.2) is 60.2 Å². The Bertz CT molecular complexity index is 33.8. The summed E-state index contributed by atoms with van der Waals surface area (Å²) >= 11 is -2.61. The summed E-state index contributed by atoms with van der Waals surface area (Å²) in [6, 6.07) is 0. The van der Waals surface area contributed by atoms with E-state index in [9.17, 15) is 0 Å². The van der Waals surface area contributed by atoms with Gasteiger partial charge in [-0.3, -0.25) is 9.11 Å². The van der Waals surface area contributed by atoms with Gasteiger partial charge in [-0.25, -0.2) is 0 Å². The Morgan fingerprint density at radius 3 is 1.33 bits per heavy atom. The maximum atomic E-state index is 8.67. The molecule has 0 rings (SSSR count). The van der Waals surface area contributed by atoms with E-state index in [4.69, 9.17) is 13.3 Å². The van der Waals surface area contributed by atoms with Gasteiger partial charge >= 0.3 is 29.6 Å². The molecule has 0 saturated carbocycles. The summed E-state index contributed by atoms with van der Waals surface area (Å²) in [5.41, 5.74) is 0. The Morgan fingerprint density at radius 1 is 1.33 bits per heavy atom. The first kappa shape index (κ1) is 15.6. The Kier molecular flexibility index (Phi) is 25.5. The first-order chi connectivity index (χ1) is 1.73. The Hall–Kier alpha value is 1.60. The zero-order valence-electron chi connectivity index (χ0n) is 1.71. The molecule has 0 fully saturated rings. The van der Waals surface area contributed by atoms with E-state index in [0.717, 1.165) is 0 Å². The van der Waals surface area contributed by atoms with E-state index in [0.29, 0.717) is 0 Å². The maximum absolute atomic E-state index is 8.67. The third kappa shape index (κ3) is 46.2. The van der Waals surface area contributed by atoms with Gasteiger partial charge < -0.3 is 0 Å². The molecule has 0 saturated heterocycles. The SMILES string of the molecule is O=S(O)O.[AlH3].[NaH]. The fraction of sp³-hybridized carbons (Fsp3) is 0. The van der Waals surface area contributed by atoms with Gasteiger partial charge in [-0.1, -0.05) is 0 Å². The summed E-state index contributed by atoms with van der Waals surface area (Å²) in [6.07, 6.45) is 0. The Morgan fingerprint density at radius 2 is 1.33 bits per heavy atom. The van der Waals surface area contributed by atoms with Crippen LogP contribution in [0.15, 0.2) is 0 Å². The van der Waals surface area contributed by atoms with Crippen molar-refractivity contribution in [3.63, 3.8) is 0 Å². The van der Waals surface area contributed by atoms with Gasteiger partial charge in [-0.05, 0) is 0 Å². The van der Waals surface area contributed by atoms with Crippen LogP contribution in [0.25, 0.3) is 0 Å². The molecule has 0 aliphatic rings. The Labute approximate surface area is 71.0 Å². The van der Waals surface area contributed by atoms with Gasteiger partial charge in [0.05, 0.1) is 0 Å². The van der Waals surface area contributed by atoms with Crippen LogP contribution in [0.3, 0.4) is 0 Å². The van der Waals surface area contributed by atoms with Crippen LogP contribution in [0.4, 0.5) is 0 Å². The van der Waals surface area contributed by atoms with Gasteiger partial charge in [-0.15, -0.1) is 0 Å². The van der Waals surface area contributed by atoms with Crippen LogP contribution in [0.5, 0.6) is 0 Å². The predicted octanol–water partition coefficient (Wildman–Crippen LogP) is -2.15. The Balaban J connectivity index is -0.0000000450. The predicted molar refractivity (Wildman–Crippen MR) is 30.5 cm³/mol. The first-order valence-electron chi connectivity index (χ1n) is 0.532. The fourth-order valence-electron chi connectivity index (χ4n) is 0. The molecule has 0 unspecified atom stereocenters. The van der Waals surface area contributed by atoms with Crippen molar-refractivity contribution in [2.24, 2.45) is 0 Å². The minimum atomic E-state index is -2.61. The van der Waals surface area contributed by atoms with Crippen molar-refractivity contribution in [2.75, 3.05) is 0 Å². The van der Waals surface area contributed by atoms with E-state index in [1.54, 1.807) is 0 Å². The average molecular weight is 136 g/mol. The molecule has 0 aromatic carbocycles. The number of hydrogen-bond donors (Lipinski definition) is 2. The van der Waals surface area contributed by atoms with Gasteiger partial charge in [0, 0.05) is 0 Å². The van der Waals surface area contributed by atoms with Gasteiger partial charge in [0.1, 0.15) is 0 Å². The quantitative estimate of drug-likeness (QED) is 0.295. The van der Waals surface area contributed by atoms with E-state index >= 15 is 0 Å². The molecular weight excluding hydrogens is 130 g/mol. The van der Waals surface area contributed by atoms with Gasteiger partial charge in [-0.2, -0.15) is 4.21 Å². The van der Waals surface area contributed by atoms with Gasteiger partial charge in [0.2, 0.25) is 0 Å². The topological polar surface area (TPSA) is 57.5 Å². The molecular formula is H6AlNaO3S. The average Bonchev–Trinajstić information content (AvgIpc) is 0.811. The molecule has 0 aromatic heterocycles. The summed E-state index contributed by atoms with van der Waals surface area (Å²) < 4.78 is 22.8. The second-order valence-corrected chi connectivity index (χ2v) is 0.692. The molecule has 3 nitrogen and oxygen atoms in total. The van der Waals surface area contributed by atoms with Crippen LogP contribution >= 0.6 is 0 Å². The molecule has 6 heavy (non-hydrogen) atoms. The summed E-state index contributed by atoms with van der Waals surface area (Å²) in [5, 5.41) is 0. The van der Waals surface area contributed by atoms with Crippen LogP contribution in [0.1, 0.15) is 0 Å². The first-order valence-corrected chi connectivity index (χ1v) is 1.60. The summed E-state index contributed by atoms with van der Waals surface area (Å²) in [7, 11) is 0.